The Labute approximate surface area is 102 Å². The number of rotatable bonds is 2. The first kappa shape index (κ1) is 10.7. The number of hydrogen-bond acceptors (Lipinski definition) is 2. The molecule has 0 unspecified atom stereocenters. The van der Waals surface area contributed by atoms with Gasteiger partial charge in [-0.2, -0.15) is 5.26 Å². The second-order valence-corrected chi connectivity index (χ2v) is 4.02. The summed E-state index contributed by atoms with van der Waals surface area (Å²) in [5.41, 5.74) is 0.625. The van der Waals surface area contributed by atoms with Gasteiger partial charge in [0.2, 0.25) is 0 Å². The third kappa shape index (κ3) is 2.41. The summed E-state index contributed by atoms with van der Waals surface area (Å²) in [5.74, 6) is 1.47. The van der Waals surface area contributed by atoms with Crippen LogP contribution in [0.5, 0.6) is 11.5 Å². The van der Waals surface area contributed by atoms with Gasteiger partial charge in [0.15, 0.2) is 0 Å². The molecule has 0 saturated carbocycles. The SMILES string of the molecule is N#Cc1ccc(Oc2ccccc2Br)cc1. The molecule has 3 heteroatoms. The molecule has 2 aromatic carbocycles. The van der Waals surface area contributed by atoms with Crippen molar-refractivity contribution in [3.05, 3.63) is 58.6 Å². The summed E-state index contributed by atoms with van der Waals surface area (Å²) in [6.07, 6.45) is 0. The van der Waals surface area contributed by atoms with Gasteiger partial charge in [0.05, 0.1) is 16.1 Å². The Morgan fingerprint density at radius 3 is 2.31 bits per heavy atom. The van der Waals surface area contributed by atoms with E-state index in [1.54, 1.807) is 24.3 Å². The number of hydrogen-bond donors (Lipinski definition) is 0. The molecule has 0 atom stereocenters. The molecule has 0 saturated heterocycles. The lowest BCUT2D eigenvalue weighted by molar-refractivity contribution is 0.479. The van der Waals surface area contributed by atoms with Crippen molar-refractivity contribution in [2.75, 3.05) is 0 Å². The maximum absolute atomic E-state index is 8.66. The van der Waals surface area contributed by atoms with E-state index in [1.807, 2.05) is 24.3 Å². The van der Waals surface area contributed by atoms with Crippen molar-refractivity contribution < 1.29 is 4.74 Å². The summed E-state index contributed by atoms with van der Waals surface area (Å²) in [6, 6.07) is 16.7. The quantitative estimate of drug-likeness (QED) is 0.825. The maximum Gasteiger partial charge on any atom is 0.141 e. The molecule has 2 nitrogen and oxygen atoms in total. The fourth-order valence-corrected chi connectivity index (χ4v) is 1.62. The van der Waals surface area contributed by atoms with Crippen LogP contribution in [-0.2, 0) is 0 Å². The largest absolute Gasteiger partial charge is 0.456 e. The zero-order valence-electron chi connectivity index (χ0n) is 8.35. The third-order valence-electron chi connectivity index (χ3n) is 2.05. The fourth-order valence-electron chi connectivity index (χ4n) is 1.25. The molecule has 0 aromatic heterocycles. The number of ether oxygens (including phenoxy) is 1. The van der Waals surface area contributed by atoms with Crippen molar-refractivity contribution in [3.8, 4) is 17.6 Å². The van der Waals surface area contributed by atoms with Crippen LogP contribution in [0.3, 0.4) is 0 Å². The Morgan fingerprint density at radius 1 is 1.00 bits per heavy atom. The Morgan fingerprint density at radius 2 is 1.69 bits per heavy atom. The fraction of sp³-hybridized carbons (Fsp3) is 0. The highest BCUT2D eigenvalue weighted by molar-refractivity contribution is 9.10. The monoisotopic (exact) mass is 273 g/mol. The van der Waals surface area contributed by atoms with Crippen molar-refractivity contribution >= 4 is 15.9 Å². The molecular formula is C13H8BrNO. The molecule has 2 aromatic rings. The van der Waals surface area contributed by atoms with Gasteiger partial charge in [0.25, 0.3) is 0 Å². The van der Waals surface area contributed by atoms with Crippen LogP contribution in [0.25, 0.3) is 0 Å². The Bertz CT molecular complexity index is 528. The van der Waals surface area contributed by atoms with Gasteiger partial charge in [-0.05, 0) is 52.3 Å². The highest BCUT2D eigenvalue weighted by Crippen LogP contribution is 2.29. The molecule has 0 amide bonds. The lowest BCUT2D eigenvalue weighted by Gasteiger charge is -2.06. The van der Waals surface area contributed by atoms with Crippen molar-refractivity contribution in [1.82, 2.24) is 0 Å². The molecule has 0 aliphatic carbocycles. The van der Waals surface area contributed by atoms with Gasteiger partial charge in [-0.1, -0.05) is 12.1 Å². The zero-order valence-corrected chi connectivity index (χ0v) is 9.94. The minimum atomic E-state index is 0.625. The standard InChI is InChI=1S/C13H8BrNO/c14-12-3-1-2-4-13(12)16-11-7-5-10(9-15)6-8-11/h1-8H. The van der Waals surface area contributed by atoms with E-state index in [0.717, 1.165) is 10.2 Å². The van der Waals surface area contributed by atoms with Gasteiger partial charge < -0.3 is 4.74 Å². The van der Waals surface area contributed by atoms with Gasteiger partial charge in [-0.3, -0.25) is 0 Å². The van der Waals surface area contributed by atoms with Crippen molar-refractivity contribution in [2.24, 2.45) is 0 Å². The van der Waals surface area contributed by atoms with Gasteiger partial charge in [-0.15, -0.1) is 0 Å². The molecule has 2 rings (SSSR count). The van der Waals surface area contributed by atoms with Crippen molar-refractivity contribution in [1.29, 1.82) is 5.26 Å². The number of para-hydroxylation sites is 1. The molecule has 0 fully saturated rings. The summed E-state index contributed by atoms with van der Waals surface area (Å²) < 4.78 is 6.55. The first-order chi connectivity index (χ1) is 7.79. The molecule has 0 spiro atoms. The highest BCUT2D eigenvalue weighted by Gasteiger charge is 2.01. The summed E-state index contributed by atoms with van der Waals surface area (Å²) in [6.45, 7) is 0. The molecule has 0 aliphatic rings. The predicted molar refractivity (Wildman–Crippen MR) is 65.4 cm³/mol. The van der Waals surface area contributed by atoms with Gasteiger partial charge >= 0.3 is 0 Å². The van der Waals surface area contributed by atoms with E-state index < -0.39 is 0 Å². The molecule has 0 aliphatic heterocycles. The average Bonchev–Trinajstić information content (AvgIpc) is 2.33. The van der Waals surface area contributed by atoms with Gasteiger partial charge in [0.1, 0.15) is 11.5 Å². The van der Waals surface area contributed by atoms with Crippen LogP contribution < -0.4 is 4.74 Å². The van der Waals surface area contributed by atoms with E-state index >= 15 is 0 Å². The number of nitriles is 1. The first-order valence-electron chi connectivity index (χ1n) is 4.72. The van der Waals surface area contributed by atoms with Gasteiger partial charge in [-0.25, -0.2) is 0 Å². The van der Waals surface area contributed by atoms with Crippen LogP contribution in [-0.4, -0.2) is 0 Å². The zero-order chi connectivity index (χ0) is 11.4. The van der Waals surface area contributed by atoms with E-state index in [4.69, 9.17) is 10.00 Å². The van der Waals surface area contributed by atoms with Crippen LogP contribution in [0, 0.1) is 11.3 Å². The Hall–Kier alpha value is -1.79. The lowest BCUT2D eigenvalue weighted by Crippen LogP contribution is -1.85. The van der Waals surface area contributed by atoms with Crippen molar-refractivity contribution in [3.63, 3.8) is 0 Å². The molecular weight excluding hydrogens is 266 g/mol. The predicted octanol–water partition coefficient (Wildman–Crippen LogP) is 4.11. The number of benzene rings is 2. The second-order valence-electron chi connectivity index (χ2n) is 3.17. The summed E-state index contributed by atoms with van der Waals surface area (Å²) in [4.78, 5) is 0. The van der Waals surface area contributed by atoms with Crippen LogP contribution in [0.1, 0.15) is 5.56 Å². The lowest BCUT2D eigenvalue weighted by atomic mass is 10.2. The first-order valence-corrected chi connectivity index (χ1v) is 5.51. The van der Waals surface area contributed by atoms with Crippen LogP contribution >= 0.6 is 15.9 Å². The van der Waals surface area contributed by atoms with E-state index in [2.05, 4.69) is 22.0 Å². The van der Waals surface area contributed by atoms with Crippen LogP contribution in [0.4, 0.5) is 0 Å². The van der Waals surface area contributed by atoms with Crippen LogP contribution in [0.15, 0.2) is 53.0 Å². The Kier molecular flexibility index (Phi) is 3.23. The van der Waals surface area contributed by atoms with Crippen LogP contribution in [0.2, 0.25) is 0 Å². The number of halogens is 1. The van der Waals surface area contributed by atoms with E-state index in [1.165, 1.54) is 0 Å². The minimum Gasteiger partial charge on any atom is -0.456 e. The van der Waals surface area contributed by atoms with E-state index in [9.17, 15) is 0 Å². The minimum absolute atomic E-state index is 0.625. The van der Waals surface area contributed by atoms with Gasteiger partial charge in [0, 0.05) is 0 Å². The second kappa shape index (κ2) is 4.82. The third-order valence-corrected chi connectivity index (χ3v) is 2.70. The van der Waals surface area contributed by atoms with Crippen molar-refractivity contribution in [2.45, 2.75) is 0 Å². The maximum atomic E-state index is 8.66. The topological polar surface area (TPSA) is 33.0 Å². The summed E-state index contributed by atoms with van der Waals surface area (Å²) in [5, 5.41) is 8.66. The Balaban J connectivity index is 2.22. The highest BCUT2D eigenvalue weighted by atomic mass is 79.9. The summed E-state index contributed by atoms with van der Waals surface area (Å²) in [7, 11) is 0. The molecule has 16 heavy (non-hydrogen) atoms. The van der Waals surface area contributed by atoms with E-state index in [-0.39, 0.29) is 0 Å². The summed E-state index contributed by atoms with van der Waals surface area (Å²) >= 11 is 3.40. The molecule has 0 bridgehead atoms. The molecule has 0 radical (unpaired) electrons. The van der Waals surface area contributed by atoms with E-state index in [0.29, 0.717) is 11.3 Å². The molecule has 0 heterocycles. The molecule has 0 N–H and O–H groups in total. The molecule has 78 valence electrons. The smallest absolute Gasteiger partial charge is 0.141 e. The number of nitrogens with zero attached hydrogens (tertiary/aromatic N) is 1. The normalized spacial score (nSPS) is 9.50. The average molecular weight is 274 g/mol.